The lowest BCUT2D eigenvalue weighted by Gasteiger charge is -2.27. The maximum atomic E-state index is 6.22. The molecule has 0 radical (unpaired) electrons. The van der Waals surface area contributed by atoms with Crippen LogP contribution in [0.1, 0.15) is 65.2 Å². The van der Waals surface area contributed by atoms with Gasteiger partial charge in [-0.15, -0.1) is 11.3 Å². The Morgan fingerprint density at radius 1 is 1.29 bits per heavy atom. The minimum absolute atomic E-state index is 0.0809. The third-order valence-electron chi connectivity index (χ3n) is 3.44. The Morgan fingerprint density at radius 2 is 1.96 bits per heavy atom. The molecule has 0 saturated carbocycles. The lowest BCUT2D eigenvalue weighted by molar-refractivity contribution is -0.0463. The normalized spacial score (nSPS) is 14.3. The Balaban J connectivity index is 0.00000163. The Bertz CT molecular complexity index is 406. The van der Waals surface area contributed by atoms with Gasteiger partial charge in [0.2, 0.25) is 0 Å². The molecule has 0 bridgehead atoms. The maximum Gasteiger partial charge on any atom is 0.0765 e. The van der Waals surface area contributed by atoms with E-state index in [4.69, 9.17) is 4.74 Å². The molecule has 24 heavy (non-hydrogen) atoms. The van der Waals surface area contributed by atoms with Crippen molar-refractivity contribution in [3.05, 3.63) is 34.5 Å². The lowest BCUT2D eigenvalue weighted by atomic mass is 9.96. The molecule has 0 aliphatic heterocycles. The highest BCUT2D eigenvalue weighted by Crippen LogP contribution is 2.21. The Labute approximate surface area is 157 Å². The van der Waals surface area contributed by atoms with E-state index in [1.807, 2.05) is 11.3 Å². The highest BCUT2D eigenvalue weighted by molar-refractivity contribution is 7.09. The van der Waals surface area contributed by atoms with Gasteiger partial charge in [0.25, 0.3) is 0 Å². The molecule has 0 fully saturated rings. The van der Waals surface area contributed by atoms with Crippen LogP contribution < -0.4 is 0 Å². The van der Waals surface area contributed by atoms with Crippen LogP contribution in [-0.2, 0) is 11.2 Å². The zero-order valence-corrected chi connectivity index (χ0v) is 19.3. The average Bonchev–Trinajstić information content (AvgIpc) is 2.97. The second kappa shape index (κ2) is 13.9. The molecule has 0 aliphatic rings. The van der Waals surface area contributed by atoms with Crippen molar-refractivity contribution >= 4 is 20.9 Å². The number of unbranched alkanes of at least 4 members (excludes halogenated alkanes) is 1. The van der Waals surface area contributed by atoms with E-state index in [9.17, 15) is 0 Å². The van der Waals surface area contributed by atoms with Gasteiger partial charge in [-0.2, -0.15) is 0 Å². The second-order valence-corrected chi connectivity index (χ2v) is 10.1. The van der Waals surface area contributed by atoms with Crippen molar-refractivity contribution in [3.8, 4) is 0 Å². The summed E-state index contributed by atoms with van der Waals surface area (Å²) in [5.41, 5.74) is -0.0809. The molecule has 140 valence electrons. The van der Waals surface area contributed by atoms with E-state index in [-0.39, 0.29) is 11.7 Å². The number of hydrogen-bond donors (Lipinski definition) is 0. The molecule has 1 unspecified atom stereocenters. The lowest BCUT2D eigenvalue weighted by Crippen LogP contribution is -2.27. The molecule has 1 aromatic rings. The summed E-state index contributed by atoms with van der Waals surface area (Å²) in [6.07, 6.45) is 10.8. The first-order valence-electron chi connectivity index (χ1n) is 9.69. The fourth-order valence-corrected chi connectivity index (χ4v) is 3.13. The van der Waals surface area contributed by atoms with Crippen molar-refractivity contribution in [1.82, 2.24) is 0 Å². The van der Waals surface area contributed by atoms with Gasteiger partial charge < -0.3 is 4.74 Å². The SMILES string of the molecule is CCCC[C@H](C)CC(/C=C/Cc1cccs1)OC(C)(C)C.C[SiH2]C. The van der Waals surface area contributed by atoms with Gasteiger partial charge in [-0.3, -0.25) is 0 Å². The van der Waals surface area contributed by atoms with Crippen LogP contribution in [0.5, 0.6) is 0 Å². The molecule has 2 atom stereocenters. The van der Waals surface area contributed by atoms with E-state index in [0.717, 1.165) is 18.8 Å². The quantitative estimate of drug-likeness (QED) is 0.357. The summed E-state index contributed by atoms with van der Waals surface area (Å²) < 4.78 is 6.22. The van der Waals surface area contributed by atoms with Crippen LogP contribution in [0, 0.1) is 5.92 Å². The van der Waals surface area contributed by atoms with E-state index in [2.05, 4.69) is 77.4 Å². The van der Waals surface area contributed by atoms with Crippen molar-refractivity contribution in [1.29, 1.82) is 0 Å². The summed E-state index contributed by atoms with van der Waals surface area (Å²) in [6.45, 7) is 15.6. The number of allylic oxidation sites excluding steroid dienone is 1. The smallest absolute Gasteiger partial charge is 0.0765 e. The Hall–Kier alpha value is -0.383. The number of hydrogen-bond acceptors (Lipinski definition) is 2. The maximum absolute atomic E-state index is 6.22. The molecule has 1 rings (SSSR count). The van der Waals surface area contributed by atoms with Crippen LogP contribution in [-0.4, -0.2) is 21.2 Å². The summed E-state index contributed by atoms with van der Waals surface area (Å²) in [4.78, 5) is 1.42. The minimum Gasteiger partial charge on any atom is -0.369 e. The first-order chi connectivity index (χ1) is 11.3. The van der Waals surface area contributed by atoms with Gasteiger partial charge in [-0.05, 0) is 51.0 Å². The summed E-state index contributed by atoms with van der Waals surface area (Å²) >= 11 is 1.82. The summed E-state index contributed by atoms with van der Waals surface area (Å²) in [6, 6.07) is 4.31. The van der Waals surface area contributed by atoms with Gasteiger partial charge in [-0.1, -0.05) is 64.4 Å². The van der Waals surface area contributed by atoms with E-state index >= 15 is 0 Å². The van der Waals surface area contributed by atoms with Crippen molar-refractivity contribution in [3.63, 3.8) is 0 Å². The van der Waals surface area contributed by atoms with Gasteiger partial charge in [0.15, 0.2) is 0 Å². The van der Waals surface area contributed by atoms with E-state index in [1.165, 1.54) is 24.1 Å². The van der Waals surface area contributed by atoms with Crippen molar-refractivity contribution in [2.75, 3.05) is 0 Å². The number of rotatable bonds is 9. The Kier molecular flexibility index (Phi) is 13.6. The van der Waals surface area contributed by atoms with Crippen LogP contribution in [0.3, 0.4) is 0 Å². The largest absolute Gasteiger partial charge is 0.369 e. The second-order valence-electron chi connectivity index (χ2n) is 7.67. The van der Waals surface area contributed by atoms with Gasteiger partial charge in [0, 0.05) is 14.4 Å². The molecule has 0 amide bonds. The number of ether oxygens (including phenoxy) is 1. The van der Waals surface area contributed by atoms with Crippen LogP contribution >= 0.6 is 11.3 Å². The summed E-state index contributed by atoms with van der Waals surface area (Å²) in [7, 11) is 0.417. The van der Waals surface area contributed by atoms with Crippen molar-refractivity contribution in [2.45, 2.75) is 91.5 Å². The van der Waals surface area contributed by atoms with Gasteiger partial charge in [-0.25, -0.2) is 0 Å². The molecule has 0 aliphatic carbocycles. The van der Waals surface area contributed by atoms with Crippen molar-refractivity contribution < 1.29 is 4.74 Å². The minimum atomic E-state index is -0.0809. The van der Waals surface area contributed by atoms with Crippen molar-refractivity contribution in [2.24, 2.45) is 5.92 Å². The first kappa shape index (κ1) is 23.6. The predicted octanol–water partition coefficient (Wildman–Crippen LogP) is 6.50. The monoisotopic (exact) mass is 368 g/mol. The molecule has 0 saturated heterocycles. The molecule has 0 spiro atoms. The van der Waals surface area contributed by atoms with Crippen LogP contribution in [0.2, 0.25) is 13.1 Å². The van der Waals surface area contributed by atoms with Gasteiger partial charge >= 0.3 is 0 Å². The summed E-state index contributed by atoms with van der Waals surface area (Å²) in [5, 5.41) is 2.14. The third kappa shape index (κ3) is 14.0. The van der Waals surface area contributed by atoms with Crippen LogP contribution in [0.15, 0.2) is 29.7 Å². The third-order valence-corrected chi connectivity index (χ3v) is 4.34. The number of thiophene rings is 1. The highest BCUT2D eigenvalue weighted by Gasteiger charge is 2.18. The zero-order chi connectivity index (χ0) is 18.4. The standard InChI is InChI=1S/C19H32OS.C2H8Si/c1-6-7-10-16(2)15-17(20-19(3,4)5)11-8-12-18-13-9-14-21-18;1-3-2/h8-9,11,13-14,16-17H,6-7,10,12,15H2,1-5H3;3H2,1-2H3/b11-8+;/t16-,17?;/m0./s1. The fourth-order valence-electron chi connectivity index (χ4n) is 2.45. The zero-order valence-electron chi connectivity index (χ0n) is 17.1. The van der Waals surface area contributed by atoms with E-state index in [0.29, 0.717) is 9.52 Å². The van der Waals surface area contributed by atoms with Gasteiger partial charge in [0.05, 0.1) is 11.7 Å². The highest BCUT2D eigenvalue weighted by atomic mass is 32.1. The molecular formula is C21H40OSSi. The Morgan fingerprint density at radius 3 is 2.46 bits per heavy atom. The van der Waals surface area contributed by atoms with E-state index in [1.54, 1.807) is 0 Å². The molecule has 0 aromatic carbocycles. The molecule has 1 nitrogen and oxygen atoms in total. The molecular weight excluding hydrogens is 328 g/mol. The molecule has 3 heteroatoms. The average molecular weight is 369 g/mol. The predicted molar refractivity (Wildman–Crippen MR) is 115 cm³/mol. The van der Waals surface area contributed by atoms with Crippen LogP contribution in [0.4, 0.5) is 0 Å². The van der Waals surface area contributed by atoms with Crippen LogP contribution in [0.25, 0.3) is 0 Å². The molecule has 1 heterocycles. The summed E-state index contributed by atoms with van der Waals surface area (Å²) in [5.74, 6) is 0.726. The molecule has 1 aromatic heterocycles. The van der Waals surface area contributed by atoms with E-state index < -0.39 is 0 Å². The first-order valence-corrected chi connectivity index (χ1v) is 13.4. The fraction of sp³-hybridized carbons (Fsp3) is 0.714. The molecule has 0 N–H and O–H groups in total. The van der Waals surface area contributed by atoms with Gasteiger partial charge in [0.1, 0.15) is 0 Å². The topological polar surface area (TPSA) is 9.23 Å².